The molecule has 0 aromatic heterocycles. The van der Waals surface area contributed by atoms with E-state index in [1.807, 2.05) is 27.7 Å². The summed E-state index contributed by atoms with van der Waals surface area (Å²) in [6, 6.07) is 0. The first kappa shape index (κ1) is 28.1. The van der Waals surface area contributed by atoms with E-state index in [2.05, 4.69) is 6.08 Å². The summed E-state index contributed by atoms with van der Waals surface area (Å²) < 4.78 is 17.5. The highest BCUT2D eigenvalue weighted by atomic mass is 16.7. The number of aliphatic hydroxyl groups excluding tert-OH is 6. The molecular weight excluding hydrogens is 468 g/mol. The minimum Gasteiger partial charge on any atom is -0.394 e. The van der Waals surface area contributed by atoms with Gasteiger partial charge in [-0.05, 0) is 49.5 Å². The van der Waals surface area contributed by atoms with Gasteiger partial charge in [-0.3, -0.25) is 0 Å². The van der Waals surface area contributed by atoms with Gasteiger partial charge in [0.15, 0.2) is 6.29 Å². The molecule has 0 amide bonds. The summed E-state index contributed by atoms with van der Waals surface area (Å²) >= 11 is 0. The van der Waals surface area contributed by atoms with Gasteiger partial charge in [0.1, 0.15) is 30.5 Å². The monoisotopic (exact) mass is 512 g/mol. The molecule has 6 N–H and O–H groups in total. The van der Waals surface area contributed by atoms with E-state index in [-0.39, 0.29) is 23.7 Å². The van der Waals surface area contributed by atoms with Crippen molar-refractivity contribution in [2.24, 2.45) is 29.1 Å². The first-order valence-electron chi connectivity index (χ1n) is 13.2. The van der Waals surface area contributed by atoms with Gasteiger partial charge < -0.3 is 44.8 Å². The Balaban J connectivity index is 1.81. The molecular formula is C27H44O9. The van der Waals surface area contributed by atoms with E-state index in [1.54, 1.807) is 7.11 Å². The maximum atomic E-state index is 11.8. The van der Waals surface area contributed by atoms with Gasteiger partial charge in [0.2, 0.25) is 0 Å². The van der Waals surface area contributed by atoms with E-state index in [4.69, 9.17) is 14.2 Å². The van der Waals surface area contributed by atoms with Crippen molar-refractivity contribution in [3.63, 3.8) is 0 Å². The summed E-state index contributed by atoms with van der Waals surface area (Å²) in [5.41, 5.74) is 2.15. The second-order valence-electron chi connectivity index (χ2n) is 11.7. The fourth-order valence-corrected chi connectivity index (χ4v) is 6.96. The first-order chi connectivity index (χ1) is 17.0. The van der Waals surface area contributed by atoms with E-state index in [1.165, 1.54) is 5.57 Å². The van der Waals surface area contributed by atoms with Gasteiger partial charge in [0.25, 0.3) is 0 Å². The minimum absolute atomic E-state index is 0.0758. The van der Waals surface area contributed by atoms with Crippen molar-refractivity contribution in [1.82, 2.24) is 0 Å². The normalized spacial score (nSPS) is 47.4. The number of fused-ring (bicyclic) bond motifs is 2. The molecule has 9 heteroatoms. The molecule has 0 aromatic rings. The van der Waals surface area contributed by atoms with Crippen LogP contribution in [0.1, 0.15) is 47.0 Å². The third-order valence-electron chi connectivity index (χ3n) is 9.19. The molecule has 1 saturated carbocycles. The zero-order chi connectivity index (χ0) is 26.5. The van der Waals surface area contributed by atoms with Crippen LogP contribution in [-0.2, 0) is 14.2 Å². The molecule has 0 radical (unpaired) electrons. The van der Waals surface area contributed by atoms with E-state index < -0.39 is 61.0 Å². The van der Waals surface area contributed by atoms with Gasteiger partial charge in [0, 0.05) is 18.4 Å². The molecule has 1 saturated heterocycles. The third kappa shape index (κ3) is 4.61. The van der Waals surface area contributed by atoms with Crippen LogP contribution in [0.5, 0.6) is 0 Å². The summed E-state index contributed by atoms with van der Waals surface area (Å²) in [6.07, 6.45) is -5.39. The lowest BCUT2D eigenvalue weighted by atomic mass is 9.68. The Bertz CT molecular complexity index is 854. The lowest BCUT2D eigenvalue weighted by Crippen LogP contribution is -2.60. The molecule has 1 heterocycles. The summed E-state index contributed by atoms with van der Waals surface area (Å²) in [5.74, 6) is 0.170. The molecule has 4 aliphatic rings. The lowest BCUT2D eigenvalue weighted by Gasteiger charge is -2.46. The van der Waals surface area contributed by atoms with Crippen molar-refractivity contribution in [3.05, 3.63) is 22.8 Å². The second kappa shape index (κ2) is 10.7. The smallest absolute Gasteiger partial charge is 0.187 e. The van der Waals surface area contributed by atoms with E-state index in [9.17, 15) is 30.6 Å². The largest absolute Gasteiger partial charge is 0.394 e. The van der Waals surface area contributed by atoms with Crippen LogP contribution in [0.25, 0.3) is 0 Å². The predicted octanol–water partition coefficient (Wildman–Crippen LogP) is 0.505. The van der Waals surface area contributed by atoms with E-state index in [0.717, 1.165) is 24.0 Å². The highest BCUT2D eigenvalue weighted by Crippen LogP contribution is 2.55. The topological polar surface area (TPSA) is 149 Å². The fourth-order valence-electron chi connectivity index (χ4n) is 6.96. The Morgan fingerprint density at radius 1 is 1.06 bits per heavy atom. The van der Waals surface area contributed by atoms with Gasteiger partial charge in [-0.25, -0.2) is 0 Å². The minimum atomic E-state index is -1.58. The number of aliphatic hydroxyl groups is 6. The fraction of sp³-hybridized carbons (Fsp3) is 0.852. The molecule has 4 rings (SSSR count). The Morgan fingerprint density at radius 2 is 1.75 bits per heavy atom. The molecule has 9 nitrogen and oxygen atoms in total. The van der Waals surface area contributed by atoms with Crippen LogP contribution in [0.3, 0.4) is 0 Å². The Labute approximate surface area is 213 Å². The summed E-state index contributed by atoms with van der Waals surface area (Å²) in [4.78, 5) is 0. The number of hydrogen-bond acceptors (Lipinski definition) is 9. The third-order valence-corrected chi connectivity index (χ3v) is 9.19. The second-order valence-corrected chi connectivity index (χ2v) is 11.7. The Kier molecular flexibility index (Phi) is 8.37. The van der Waals surface area contributed by atoms with Crippen molar-refractivity contribution in [3.8, 4) is 0 Å². The molecule has 206 valence electrons. The maximum Gasteiger partial charge on any atom is 0.187 e. The number of methoxy groups -OCH3 is 1. The molecule has 0 spiro atoms. The molecule has 36 heavy (non-hydrogen) atoms. The van der Waals surface area contributed by atoms with Gasteiger partial charge >= 0.3 is 0 Å². The zero-order valence-corrected chi connectivity index (χ0v) is 21.9. The molecule has 3 aliphatic carbocycles. The van der Waals surface area contributed by atoms with Crippen LogP contribution in [0.15, 0.2) is 22.8 Å². The van der Waals surface area contributed by atoms with Crippen LogP contribution >= 0.6 is 0 Å². The SMILES string of the molecule is COCC1CCC2C1=CC1(C)C(=C(C(C)C)CC1O)C(OC1OC(CO)C(O)C(O)C1O)C(O)C2C. The summed E-state index contributed by atoms with van der Waals surface area (Å²) in [6.45, 7) is 8.06. The zero-order valence-electron chi connectivity index (χ0n) is 21.9. The van der Waals surface area contributed by atoms with Crippen LogP contribution in [0.2, 0.25) is 0 Å². The van der Waals surface area contributed by atoms with Crippen LogP contribution in [-0.4, -0.2) is 100.0 Å². The molecule has 1 aliphatic heterocycles. The van der Waals surface area contributed by atoms with Gasteiger partial charge in [-0.15, -0.1) is 0 Å². The van der Waals surface area contributed by atoms with Crippen molar-refractivity contribution >= 4 is 0 Å². The molecule has 0 bridgehead atoms. The standard InChI is InChI=1S/C27H44O9/c1-12(2)16-8-19(29)27(4)9-17-14(11-34-5)6-7-15(17)13(3)21(30)25(20(16)27)36-26-24(33)23(32)22(31)18(10-28)35-26/h9,12-15,18-19,21-26,28-33H,6-8,10-11H2,1-5H3. The number of rotatable bonds is 6. The Morgan fingerprint density at radius 3 is 2.36 bits per heavy atom. The molecule has 2 fully saturated rings. The number of hydrogen-bond donors (Lipinski definition) is 6. The highest BCUT2D eigenvalue weighted by Gasteiger charge is 2.55. The summed E-state index contributed by atoms with van der Waals surface area (Å²) in [7, 11) is 1.69. The van der Waals surface area contributed by atoms with E-state index >= 15 is 0 Å². The van der Waals surface area contributed by atoms with Crippen molar-refractivity contribution in [2.45, 2.75) is 96.0 Å². The average Bonchev–Trinajstić information content (AvgIpc) is 3.34. The van der Waals surface area contributed by atoms with E-state index in [0.29, 0.717) is 13.0 Å². The maximum absolute atomic E-state index is 11.8. The first-order valence-corrected chi connectivity index (χ1v) is 13.2. The van der Waals surface area contributed by atoms with Crippen LogP contribution < -0.4 is 0 Å². The van der Waals surface area contributed by atoms with Gasteiger partial charge in [0.05, 0.1) is 25.4 Å². The van der Waals surface area contributed by atoms with Crippen LogP contribution in [0, 0.1) is 29.1 Å². The van der Waals surface area contributed by atoms with Crippen molar-refractivity contribution < 1.29 is 44.8 Å². The Hall–Kier alpha value is -0.880. The molecule has 12 unspecified atom stereocenters. The van der Waals surface area contributed by atoms with Gasteiger partial charge in [-0.1, -0.05) is 38.0 Å². The predicted molar refractivity (Wildman–Crippen MR) is 131 cm³/mol. The average molecular weight is 513 g/mol. The van der Waals surface area contributed by atoms with Crippen molar-refractivity contribution in [1.29, 1.82) is 0 Å². The van der Waals surface area contributed by atoms with Crippen LogP contribution in [0.4, 0.5) is 0 Å². The lowest BCUT2D eigenvalue weighted by molar-refractivity contribution is -0.315. The van der Waals surface area contributed by atoms with Gasteiger partial charge in [-0.2, -0.15) is 0 Å². The quantitative estimate of drug-likeness (QED) is 0.280. The number of ether oxygens (including phenoxy) is 3. The molecule has 12 atom stereocenters. The van der Waals surface area contributed by atoms with Crippen molar-refractivity contribution in [2.75, 3.05) is 20.3 Å². The molecule has 0 aromatic carbocycles. The highest BCUT2D eigenvalue weighted by molar-refractivity contribution is 5.43. The summed E-state index contributed by atoms with van der Waals surface area (Å²) in [5, 5.41) is 64.1.